The Labute approximate surface area is 161 Å². The number of ketones is 1. The van der Waals surface area contributed by atoms with Gasteiger partial charge in [0.15, 0.2) is 12.4 Å². The Morgan fingerprint density at radius 2 is 1.82 bits per heavy atom. The zero-order valence-electron chi connectivity index (χ0n) is 15.6. The highest BCUT2D eigenvalue weighted by Crippen LogP contribution is 2.23. The van der Waals surface area contributed by atoms with E-state index >= 15 is 0 Å². The summed E-state index contributed by atoms with van der Waals surface area (Å²) >= 11 is 0. The number of hydrogen-bond acceptors (Lipinski definition) is 5. The van der Waals surface area contributed by atoms with Crippen LogP contribution in [0.4, 0.5) is 5.69 Å². The first-order valence-electron chi connectivity index (χ1n) is 8.81. The van der Waals surface area contributed by atoms with Crippen LogP contribution in [0.3, 0.4) is 0 Å². The van der Waals surface area contributed by atoms with E-state index in [1.807, 2.05) is 6.92 Å². The van der Waals surface area contributed by atoms with Gasteiger partial charge in [0.25, 0.3) is 5.91 Å². The van der Waals surface area contributed by atoms with Crippen molar-refractivity contribution in [1.29, 1.82) is 0 Å². The lowest BCUT2D eigenvalue weighted by Gasteiger charge is -2.11. The average Bonchev–Trinajstić information content (AvgIpc) is 3.08. The van der Waals surface area contributed by atoms with Crippen molar-refractivity contribution >= 4 is 28.9 Å². The summed E-state index contributed by atoms with van der Waals surface area (Å²) in [6, 6.07) is 13.7. The van der Waals surface area contributed by atoms with Gasteiger partial charge in [0.1, 0.15) is 5.75 Å². The summed E-state index contributed by atoms with van der Waals surface area (Å²) in [6.45, 7) is 3.27. The van der Waals surface area contributed by atoms with Crippen LogP contribution in [0.15, 0.2) is 54.7 Å². The first-order valence-corrected chi connectivity index (χ1v) is 8.81. The van der Waals surface area contributed by atoms with Crippen molar-refractivity contribution in [3.63, 3.8) is 0 Å². The third-order valence-electron chi connectivity index (χ3n) is 4.05. The lowest BCUT2D eigenvalue weighted by molar-refractivity contribution is -0.119. The van der Waals surface area contributed by atoms with Gasteiger partial charge in [0, 0.05) is 13.1 Å². The van der Waals surface area contributed by atoms with Gasteiger partial charge in [0.2, 0.25) is 0 Å². The maximum atomic E-state index is 12.5. The second kappa shape index (κ2) is 8.39. The zero-order valence-corrected chi connectivity index (χ0v) is 15.6. The number of para-hydroxylation sites is 2. The molecule has 0 saturated heterocycles. The van der Waals surface area contributed by atoms with Crippen LogP contribution in [-0.2, 0) is 9.53 Å². The van der Waals surface area contributed by atoms with Crippen molar-refractivity contribution in [2.75, 3.05) is 18.5 Å². The number of anilines is 1. The molecule has 1 amide bonds. The van der Waals surface area contributed by atoms with Gasteiger partial charge in [-0.05, 0) is 37.3 Å². The molecule has 28 heavy (non-hydrogen) atoms. The molecule has 3 aromatic rings. The standard InChI is InChI=1S/C21H20N2O5/c1-3-27-19-10-5-4-8-16(19)22-20(25)13-28-21(26)15-12-18(14(2)24)23-11-7-6-9-17(15)23/h4-12H,3,13H2,1-2H3,(H,22,25). The summed E-state index contributed by atoms with van der Waals surface area (Å²) in [5.41, 5.74) is 1.64. The number of carbonyl (C=O) groups excluding carboxylic acids is 3. The predicted molar refractivity (Wildman–Crippen MR) is 104 cm³/mol. The Balaban J connectivity index is 1.70. The molecule has 144 valence electrons. The van der Waals surface area contributed by atoms with Crippen LogP contribution in [0.2, 0.25) is 0 Å². The highest BCUT2D eigenvalue weighted by molar-refractivity contribution is 6.04. The number of fused-ring (bicyclic) bond motifs is 1. The third kappa shape index (κ3) is 4.03. The van der Waals surface area contributed by atoms with E-state index in [9.17, 15) is 14.4 Å². The molecule has 3 rings (SSSR count). The molecule has 0 spiro atoms. The van der Waals surface area contributed by atoms with E-state index in [1.165, 1.54) is 13.0 Å². The highest BCUT2D eigenvalue weighted by Gasteiger charge is 2.19. The van der Waals surface area contributed by atoms with E-state index in [-0.39, 0.29) is 11.3 Å². The van der Waals surface area contributed by atoms with Gasteiger partial charge in [-0.15, -0.1) is 0 Å². The largest absolute Gasteiger partial charge is 0.492 e. The van der Waals surface area contributed by atoms with Gasteiger partial charge in [-0.1, -0.05) is 18.2 Å². The number of nitrogens with zero attached hydrogens (tertiary/aromatic N) is 1. The maximum Gasteiger partial charge on any atom is 0.340 e. The fourth-order valence-electron chi connectivity index (χ4n) is 2.83. The fraction of sp³-hybridized carbons (Fsp3) is 0.190. The van der Waals surface area contributed by atoms with Crippen LogP contribution in [0.25, 0.3) is 5.52 Å². The minimum absolute atomic E-state index is 0.175. The van der Waals surface area contributed by atoms with Crippen LogP contribution in [0.5, 0.6) is 5.75 Å². The summed E-state index contributed by atoms with van der Waals surface area (Å²) in [4.78, 5) is 36.4. The molecule has 0 atom stereocenters. The van der Waals surface area contributed by atoms with Gasteiger partial charge < -0.3 is 19.2 Å². The second-order valence-electron chi connectivity index (χ2n) is 6.01. The zero-order chi connectivity index (χ0) is 20.1. The molecule has 2 aromatic heterocycles. The molecule has 0 unspecified atom stereocenters. The Kier molecular flexibility index (Phi) is 5.74. The fourth-order valence-corrected chi connectivity index (χ4v) is 2.83. The number of nitrogens with one attached hydrogen (secondary N) is 1. The molecule has 0 aliphatic rings. The highest BCUT2D eigenvalue weighted by atomic mass is 16.5. The van der Waals surface area contributed by atoms with Crippen LogP contribution in [0, 0.1) is 0 Å². The van der Waals surface area contributed by atoms with Crippen LogP contribution in [0.1, 0.15) is 34.7 Å². The van der Waals surface area contributed by atoms with E-state index in [0.29, 0.717) is 29.3 Å². The second-order valence-corrected chi connectivity index (χ2v) is 6.01. The van der Waals surface area contributed by atoms with Crippen molar-refractivity contribution in [3.05, 3.63) is 66.0 Å². The molecule has 0 aliphatic carbocycles. The van der Waals surface area contributed by atoms with Crippen molar-refractivity contribution < 1.29 is 23.9 Å². The first kappa shape index (κ1) is 19.2. The van der Waals surface area contributed by atoms with Crippen LogP contribution in [-0.4, -0.2) is 35.3 Å². The normalized spacial score (nSPS) is 10.5. The minimum atomic E-state index is -0.676. The van der Waals surface area contributed by atoms with Gasteiger partial charge in [-0.25, -0.2) is 4.79 Å². The molecule has 0 fully saturated rings. The van der Waals surface area contributed by atoms with Gasteiger partial charge >= 0.3 is 5.97 Å². The Morgan fingerprint density at radius 1 is 1.07 bits per heavy atom. The minimum Gasteiger partial charge on any atom is -0.492 e. The van der Waals surface area contributed by atoms with Gasteiger partial charge in [-0.2, -0.15) is 0 Å². The number of amides is 1. The SMILES string of the molecule is CCOc1ccccc1NC(=O)COC(=O)c1cc(C(C)=O)n2ccccc12. The quantitative estimate of drug-likeness (QED) is 0.502. The molecule has 0 radical (unpaired) electrons. The lowest BCUT2D eigenvalue weighted by Crippen LogP contribution is -2.21. The summed E-state index contributed by atoms with van der Waals surface area (Å²) < 4.78 is 12.2. The summed E-state index contributed by atoms with van der Waals surface area (Å²) in [7, 11) is 0. The van der Waals surface area contributed by atoms with E-state index in [4.69, 9.17) is 9.47 Å². The maximum absolute atomic E-state index is 12.5. The molecular formula is C21H20N2O5. The number of aromatic nitrogens is 1. The monoisotopic (exact) mass is 380 g/mol. The van der Waals surface area contributed by atoms with Gasteiger partial charge in [-0.3, -0.25) is 9.59 Å². The third-order valence-corrected chi connectivity index (χ3v) is 4.05. The molecule has 0 aliphatic heterocycles. The van der Waals surface area contributed by atoms with Gasteiger partial charge in [0.05, 0.1) is 29.1 Å². The molecule has 2 heterocycles. The number of esters is 1. The molecular weight excluding hydrogens is 360 g/mol. The predicted octanol–water partition coefficient (Wildman–Crippen LogP) is 3.34. The van der Waals surface area contributed by atoms with Crippen molar-refractivity contribution in [3.8, 4) is 5.75 Å². The summed E-state index contributed by atoms with van der Waals surface area (Å²) in [6.07, 6.45) is 1.69. The van der Waals surface area contributed by atoms with E-state index in [0.717, 1.165) is 0 Å². The average molecular weight is 380 g/mol. The molecule has 7 nitrogen and oxygen atoms in total. The Hall–Kier alpha value is -3.61. The Morgan fingerprint density at radius 3 is 2.57 bits per heavy atom. The summed E-state index contributed by atoms with van der Waals surface area (Å²) in [5.74, 6) is -0.806. The van der Waals surface area contributed by atoms with Crippen molar-refractivity contribution in [2.45, 2.75) is 13.8 Å². The smallest absolute Gasteiger partial charge is 0.340 e. The number of hydrogen-bond donors (Lipinski definition) is 1. The topological polar surface area (TPSA) is 86.1 Å². The number of Topliss-reactive ketones (excluding diaryl/α,β-unsaturated/α-hetero) is 1. The van der Waals surface area contributed by atoms with Crippen molar-refractivity contribution in [1.82, 2.24) is 4.40 Å². The number of carbonyl (C=O) groups is 3. The molecule has 1 N–H and O–H groups in total. The van der Waals surface area contributed by atoms with Crippen molar-refractivity contribution in [2.24, 2.45) is 0 Å². The number of benzene rings is 1. The molecule has 0 bridgehead atoms. The Bertz CT molecular complexity index is 1040. The van der Waals surface area contributed by atoms with E-state index in [1.54, 1.807) is 53.1 Å². The number of rotatable bonds is 7. The molecule has 7 heteroatoms. The van der Waals surface area contributed by atoms with E-state index < -0.39 is 18.5 Å². The summed E-state index contributed by atoms with van der Waals surface area (Å²) in [5, 5.41) is 2.66. The first-order chi connectivity index (χ1) is 13.5. The molecule has 1 aromatic carbocycles. The van der Waals surface area contributed by atoms with E-state index in [2.05, 4.69) is 5.32 Å². The lowest BCUT2D eigenvalue weighted by atomic mass is 10.2. The number of pyridine rings is 1. The number of ether oxygens (including phenoxy) is 2. The van der Waals surface area contributed by atoms with Crippen LogP contribution < -0.4 is 10.1 Å². The van der Waals surface area contributed by atoms with Crippen LogP contribution >= 0.6 is 0 Å². The molecule has 0 saturated carbocycles.